The molecule has 0 unspecified atom stereocenters. The molecule has 0 saturated heterocycles. The molecule has 0 aliphatic carbocycles. The molecule has 0 spiro atoms. The third-order valence-electron chi connectivity index (χ3n) is 1.55. The van der Waals surface area contributed by atoms with E-state index in [1.54, 1.807) is 0 Å². The summed E-state index contributed by atoms with van der Waals surface area (Å²) < 4.78 is 30.4. The molecule has 13 heavy (non-hydrogen) atoms. The zero-order valence-corrected chi connectivity index (χ0v) is 7.83. The van der Waals surface area contributed by atoms with E-state index in [0.717, 1.165) is 6.07 Å². The van der Waals surface area contributed by atoms with Crippen LogP contribution in [-0.2, 0) is 6.54 Å². The highest BCUT2D eigenvalue weighted by Gasteiger charge is 2.12. The van der Waals surface area contributed by atoms with Crippen molar-refractivity contribution in [2.75, 3.05) is 7.11 Å². The van der Waals surface area contributed by atoms with Crippen LogP contribution in [0.1, 0.15) is 5.56 Å². The van der Waals surface area contributed by atoms with E-state index in [9.17, 15) is 8.78 Å². The van der Waals surface area contributed by atoms with E-state index in [-0.39, 0.29) is 30.3 Å². The van der Waals surface area contributed by atoms with Crippen LogP contribution in [0.15, 0.2) is 12.1 Å². The van der Waals surface area contributed by atoms with Crippen LogP contribution < -0.4 is 10.5 Å². The lowest BCUT2D eigenvalue weighted by Crippen LogP contribution is -2.02. The molecule has 1 aromatic rings. The Hall–Kier alpha value is -0.870. The third-order valence-corrected chi connectivity index (χ3v) is 1.55. The van der Waals surface area contributed by atoms with Crippen LogP contribution in [0.5, 0.6) is 5.75 Å². The summed E-state index contributed by atoms with van der Waals surface area (Å²) in [5.41, 5.74) is 5.45. The van der Waals surface area contributed by atoms with Crippen LogP contribution in [0.25, 0.3) is 0 Å². The van der Waals surface area contributed by atoms with Gasteiger partial charge in [-0.1, -0.05) is 6.07 Å². The Morgan fingerprint density at radius 1 is 1.38 bits per heavy atom. The predicted octanol–water partition coefficient (Wildman–Crippen LogP) is 1.85. The first-order valence-corrected chi connectivity index (χ1v) is 3.41. The van der Waals surface area contributed by atoms with E-state index in [1.807, 2.05) is 0 Å². The van der Waals surface area contributed by atoms with Gasteiger partial charge in [-0.2, -0.15) is 0 Å². The molecule has 0 aliphatic heterocycles. The smallest absolute Gasteiger partial charge is 0.190 e. The first-order chi connectivity index (χ1) is 5.70. The van der Waals surface area contributed by atoms with Crippen LogP contribution in [0.4, 0.5) is 8.78 Å². The number of rotatable bonds is 2. The van der Waals surface area contributed by atoms with Crippen molar-refractivity contribution in [2.45, 2.75) is 6.54 Å². The molecule has 0 aromatic heterocycles. The molecule has 2 nitrogen and oxygen atoms in total. The van der Waals surface area contributed by atoms with Gasteiger partial charge in [0.1, 0.15) is 0 Å². The van der Waals surface area contributed by atoms with Crippen molar-refractivity contribution in [2.24, 2.45) is 5.73 Å². The van der Waals surface area contributed by atoms with Gasteiger partial charge in [0.15, 0.2) is 17.4 Å². The minimum absolute atomic E-state index is 0. The topological polar surface area (TPSA) is 35.2 Å². The highest BCUT2D eigenvalue weighted by atomic mass is 35.5. The maximum atomic E-state index is 13.1. The number of methoxy groups -OCH3 is 1. The molecular weight excluding hydrogens is 200 g/mol. The van der Waals surface area contributed by atoms with E-state index in [1.165, 1.54) is 13.2 Å². The number of ether oxygens (including phenoxy) is 1. The zero-order valence-electron chi connectivity index (χ0n) is 7.01. The van der Waals surface area contributed by atoms with Gasteiger partial charge in [0, 0.05) is 12.1 Å². The second-order valence-electron chi connectivity index (χ2n) is 2.26. The Bertz CT molecular complexity index is 294. The largest absolute Gasteiger partial charge is 0.491 e. The van der Waals surface area contributed by atoms with Gasteiger partial charge in [0.2, 0.25) is 0 Å². The lowest BCUT2D eigenvalue weighted by atomic mass is 10.2. The molecule has 2 N–H and O–H groups in total. The van der Waals surface area contributed by atoms with Crippen molar-refractivity contribution in [3.63, 3.8) is 0 Å². The molecule has 0 radical (unpaired) electrons. The van der Waals surface area contributed by atoms with Crippen LogP contribution >= 0.6 is 12.4 Å². The highest BCUT2D eigenvalue weighted by molar-refractivity contribution is 5.85. The average Bonchev–Trinajstić information content (AvgIpc) is 2.06. The lowest BCUT2D eigenvalue weighted by molar-refractivity contribution is 0.357. The second kappa shape index (κ2) is 4.99. The van der Waals surface area contributed by atoms with E-state index in [4.69, 9.17) is 5.73 Å². The fourth-order valence-corrected chi connectivity index (χ4v) is 0.918. The molecule has 0 amide bonds. The molecule has 1 rings (SSSR count). The number of halogens is 3. The summed E-state index contributed by atoms with van der Waals surface area (Å²) in [5.74, 6) is -1.81. The van der Waals surface area contributed by atoms with Crippen LogP contribution in [-0.4, -0.2) is 7.11 Å². The van der Waals surface area contributed by atoms with E-state index >= 15 is 0 Å². The maximum absolute atomic E-state index is 13.1. The Morgan fingerprint density at radius 2 is 2.00 bits per heavy atom. The number of hydrogen-bond donors (Lipinski definition) is 1. The molecule has 0 fully saturated rings. The number of benzene rings is 1. The van der Waals surface area contributed by atoms with Crippen molar-refractivity contribution in [3.8, 4) is 5.75 Å². The van der Waals surface area contributed by atoms with Crippen molar-refractivity contribution in [1.29, 1.82) is 0 Å². The summed E-state index contributed by atoms with van der Waals surface area (Å²) in [4.78, 5) is 0. The summed E-state index contributed by atoms with van der Waals surface area (Å²) >= 11 is 0. The number of nitrogens with two attached hydrogens (primary N) is 1. The van der Waals surface area contributed by atoms with Crippen LogP contribution in [0.2, 0.25) is 0 Å². The van der Waals surface area contributed by atoms with E-state index in [0.29, 0.717) is 0 Å². The fraction of sp³-hybridized carbons (Fsp3) is 0.250. The van der Waals surface area contributed by atoms with E-state index in [2.05, 4.69) is 4.74 Å². The van der Waals surface area contributed by atoms with Crippen molar-refractivity contribution in [3.05, 3.63) is 29.3 Å². The van der Waals surface area contributed by atoms with Gasteiger partial charge in [-0.25, -0.2) is 8.78 Å². The van der Waals surface area contributed by atoms with Gasteiger partial charge in [-0.15, -0.1) is 12.4 Å². The first kappa shape index (κ1) is 12.1. The van der Waals surface area contributed by atoms with Crippen molar-refractivity contribution in [1.82, 2.24) is 0 Å². The molecule has 0 aliphatic rings. The SMILES string of the molecule is COc1c(F)ccc(CN)c1F.Cl. The van der Waals surface area contributed by atoms with Crippen molar-refractivity contribution >= 4 is 12.4 Å². The molecule has 1 aromatic carbocycles. The molecule has 5 heteroatoms. The van der Waals surface area contributed by atoms with Crippen molar-refractivity contribution < 1.29 is 13.5 Å². The van der Waals surface area contributed by atoms with Crippen LogP contribution in [0.3, 0.4) is 0 Å². The van der Waals surface area contributed by atoms with Gasteiger partial charge in [-0.05, 0) is 6.07 Å². The molecule has 0 saturated carbocycles. The standard InChI is InChI=1S/C8H9F2NO.ClH/c1-12-8-6(9)3-2-5(4-11)7(8)10;/h2-3H,4,11H2,1H3;1H. The predicted molar refractivity (Wildman–Crippen MR) is 48.0 cm³/mol. The summed E-state index contributed by atoms with van der Waals surface area (Å²) in [6.07, 6.45) is 0. The molecule has 74 valence electrons. The van der Waals surface area contributed by atoms with Gasteiger partial charge in [0.25, 0.3) is 0 Å². The Kier molecular flexibility index (Phi) is 4.66. The summed E-state index contributed by atoms with van der Waals surface area (Å²) in [6.45, 7) is 0.0302. The fourth-order valence-electron chi connectivity index (χ4n) is 0.918. The summed E-state index contributed by atoms with van der Waals surface area (Å²) in [7, 11) is 1.21. The Labute approximate surface area is 81.1 Å². The Balaban J connectivity index is 0.00000144. The van der Waals surface area contributed by atoms with E-state index < -0.39 is 11.6 Å². The summed E-state index contributed by atoms with van der Waals surface area (Å²) in [6, 6.07) is 2.43. The number of hydrogen-bond acceptors (Lipinski definition) is 2. The molecule has 0 heterocycles. The highest BCUT2D eigenvalue weighted by Crippen LogP contribution is 2.23. The van der Waals surface area contributed by atoms with Gasteiger partial charge < -0.3 is 10.5 Å². The molecule has 0 atom stereocenters. The van der Waals surface area contributed by atoms with Gasteiger partial charge in [0.05, 0.1) is 7.11 Å². The summed E-state index contributed by atoms with van der Waals surface area (Å²) in [5, 5.41) is 0. The molecule has 0 bridgehead atoms. The quantitative estimate of drug-likeness (QED) is 0.807. The van der Waals surface area contributed by atoms with Gasteiger partial charge >= 0.3 is 0 Å². The normalized spacial score (nSPS) is 9.23. The molecular formula is C8H10ClF2NO. The first-order valence-electron chi connectivity index (χ1n) is 3.41. The minimum atomic E-state index is -0.722. The van der Waals surface area contributed by atoms with Crippen LogP contribution in [0, 0.1) is 11.6 Å². The maximum Gasteiger partial charge on any atom is 0.190 e. The lowest BCUT2D eigenvalue weighted by Gasteiger charge is -2.05. The second-order valence-corrected chi connectivity index (χ2v) is 2.26. The monoisotopic (exact) mass is 209 g/mol. The average molecular weight is 210 g/mol. The minimum Gasteiger partial charge on any atom is -0.491 e. The van der Waals surface area contributed by atoms with Gasteiger partial charge in [-0.3, -0.25) is 0 Å². The zero-order chi connectivity index (χ0) is 9.14. The Morgan fingerprint density at radius 3 is 2.46 bits per heavy atom. The third kappa shape index (κ3) is 2.29.